The first kappa shape index (κ1) is 63.4. The summed E-state index contributed by atoms with van der Waals surface area (Å²) in [6.07, 6.45) is 47.1. The number of hydrogen-bond donors (Lipinski definition) is 4. The molecule has 0 bridgehead atoms. The van der Waals surface area contributed by atoms with Crippen molar-refractivity contribution in [3.05, 3.63) is 60.8 Å². The second-order valence-electron chi connectivity index (χ2n) is 18.5. The fraction of sp³-hybridized carbons (Fsp3) is 0.782. The molecule has 0 aromatic heterocycles. The Balaban J connectivity index is 2.36. The van der Waals surface area contributed by atoms with E-state index in [-0.39, 0.29) is 19.4 Å². The normalized spacial score (nSPS) is 19.6. The van der Waals surface area contributed by atoms with Crippen molar-refractivity contribution in [2.24, 2.45) is 0 Å². The van der Waals surface area contributed by atoms with E-state index in [1.807, 2.05) is 12.2 Å². The van der Waals surface area contributed by atoms with Gasteiger partial charge in [0.1, 0.15) is 36.8 Å². The van der Waals surface area contributed by atoms with Gasteiger partial charge in [-0.15, -0.1) is 0 Å². The zero-order valence-corrected chi connectivity index (χ0v) is 43.3. The lowest BCUT2D eigenvalue weighted by atomic mass is 10.00. The highest BCUT2D eigenvalue weighted by molar-refractivity contribution is 7.85. The van der Waals surface area contributed by atoms with E-state index < -0.39 is 71.2 Å². The summed E-state index contributed by atoms with van der Waals surface area (Å²) in [5.74, 6) is -2.05. The predicted octanol–water partition coefficient (Wildman–Crippen LogP) is 12.5. The molecule has 2 unspecified atom stereocenters. The molecule has 0 aromatic rings. The van der Waals surface area contributed by atoms with E-state index in [1.54, 1.807) is 0 Å². The maximum absolute atomic E-state index is 12.8. The molecule has 0 spiro atoms. The predicted molar refractivity (Wildman–Crippen MR) is 275 cm³/mol. The summed E-state index contributed by atoms with van der Waals surface area (Å²) in [6, 6.07) is 0. The minimum absolute atomic E-state index is 0.0855. The standard InChI is InChI=1S/C55H96O12S/c1-3-5-7-9-11-13-15-17-19-21-22-23-24-25-26-28-29-31-33-35-37-39-41-43-50(56)64-45-48(46-65-55-54(60)53(59)52(58)49(67-55)47-68(61,62)63)66-51(57)44-42-40-38-36-34-32-30-27-20-18-16-14-12-10-8-6-4-2/h6,8,12,14,18,20,30,32,36,38,48-49,52-55,58-60H,3-5,7,9-11,13,15-17,19,21-29,31,33-35,37,39-47H2,1-2H3,(H,61,62,63)/b8-6+,14-12+,20-18+,32-30+,38-36+/t48-,49-,52-,53?,54?,55+/m1/s1. The van der Waals surface area contributed by atoms with Crippen LogP contribution in [0.2, 0.25) is 0 Å². The van der Waals surface area contributed by atoms with Gasteiger partial charge in [0.05, 0.1) is 6.61 Å². The van der Waals surface area contributed by atoms with E-state index in [4.69, 9.17) is 18.9 Å². The molecule has 0 saturated carbocycles. The Morgan fingerprint density at radius 1 is 0.515 bits per heavy atom. The van der Waals surface area contributed by atoms with Crippen LogP contribution in [-0.4, -0.2) is 96.0 Å². The quantitative estimate of drug-likeness (QED) is 0.0196. The number of carbonyl (C=O) groups excluding carboxylic acids is 2. The van der Waals surface area contributed by atoms with E-state index in [0.717, 1.165) is 51.4 Å². The van der Waals surface area contributed by atoms with Gasteiger partial charge in [-0.05, 0) is 51.4 Å². The number of hydrogen-bond acceptors (Lipinski definition) is 11. The molecule has 13 heteroatoms. The van der Waals surface area contributed by atoms with Gasteiger partial charge in [-0.25, -0.2) is 0 Å². The third-order valence-electron chi connectivity index (χ3n) is 12.1. The number of allylic oxidation sites excluding steroid dienone is 10. The van der Waals surface area contributed by atoms with E-state index in [0.29, 0.717) is 19.3 Å². The molecule has 1 rings (SSSR count). The molecule has 4 N–H and O–H groups in total. The lowest BCUT2D eigenvalue weighted by molar-refractivity contribution is -0.297. The first-order valence-electron chi connectivity index (χ1n) is 26.8. The minimum atomic E-state index is -4.62. The van der Waals surface area contributed by atoms with Gasteiger partial charge in [-0.2, -0.15) is 8.42 Å². The van der Waals surface area contributed by atoms with Crippen LogP contribution in [0.25, 0.3) is 0 Å². The van der Waals surface area contributed by atoms with E-state index in [1.165, 1.54) is 122 Å². The summed E-state index contributed by atoms with van der Waals surface area (Å²) >= 11 is 0. The van der Waals surface area contributed by atoms with E-state index >= 15 is 0 Å². The maximum atomic E-state index is 12.8. The molecule has 68 heavy (non-hydrogen) atoms. The molecular weight excluding hydrogens is 885 g/mol. The Kier molecular flexibility index (Phi) is 41.3. The van der Waals surface area contributed by atoms with Crippen LogP contribution in [0.3, 0.4) is 0 Å². The molecule has 0 radical (unpaired) electrons. The smallest absolute Gasteiger partial charge is 0.306 e. The Morgan fingerprint density at radius 3 is 1.37 bits per heavy atom. The van der Waals surface area contributed by atoms with Gasteiger partial charge >= 0.3 is 11.9 Å². The maximum Gasteiger partial charge on any atom is 0.306 e. The molecule has 1 aliphatic heterocycles. The van der Waals surface area contributed by atoms with Crippen LogP contribution in [-0.2, 0) is 38.7 Å². The monoisotopic (exact) mass is 981 g/mol. The molecule has 6 atom stereocenters. The molecule has 1 fully saturated rings. The van der Waals surface area contributed by atoms with Crippen molar-refractivity contribution in [3.63, 3.8) is 0 Å². The third-order valence-corrected chi connectivity index (χ3v) is 12.9. The Labute approximate surface area is 413 Å². The summed E-state index contributed by atoms with van der Waals surface area (Å²) < 4.78 is 54.2. The number of unbranched alkanes of at least 4 members (excludes halogenated alkanes) is 23. The molecule has 0 aromatic carbocycles. The first-order valence-corrected chi connectivity index (χ1v) is 28.5. The van der Waals surface area contributed by atoms with Gasteiger partial charge in [-0.3, -0.25) is 14.1 Å². The van der Waals surface area contributed by atoms with Gasteiger partial charge in [0, 0.05) is 12.8 Å². The average molecular weight is 981 g/mol. The molecule has 0 amide bonds. The van der Waals surface area contributed by atoms with Crippen molar-refractivity contribution in [1.29, 1.82) is 0 Å². The summed E-state index contributed by atoms with van der Waals surface area (Å²) in [6.45, 7) is 3.63. The highest BCUT2D eigenvalue weighted by atomic mass is 32.2. The molecule has 1 heterocycles. The molecule has 394 valence electrons. The van der Waals surface area contributed by atoms with Crippen LogP contribution in [0.4, 0.5) is 0 Å². The van der Waals surface area contributed by atoms with Crippen LogP contribution in [0.15, 0.2) is 60.8 Å². The van der Waals surface area contributed by atoms with Crippen LogP contribution in [0.1, 0.15) is 219 Å². The van der Waals surface area contributed by atoms with Crippen LogP contribution < -0.4 is 0 Å². The highest BCUT2D eigenvalue weighted by Crippen LogP contribution is 2.24. The van der Waals surface area contributed by atoms with E-state index in [2.05, 4.69) is 62.5 Å². The fourth-order valence-corrected chi connectivity index (χ4v) is 8.70. The molecule has 0 aliphatic carbocycles. The van der Waals surface area contributed by atoms with Crippen molar-refractivity contribution < 1.29 is 56.8 Å². The van der Waals surface area contributed by atoms with Crippen molar-refractivity contribution in [2.75, 3.05) is 19.0 Å². The summed E-state index contributed by atoms with van der Waals surface area (Å²) in [5.41, 5.74) is 0. The van der Waals surface area contributed by atoms with Crippen LogP contribution in [0.5, 0.6) is 0 Å². The van der Waals surface area contributed by atoms with Gasteiger partial charge in [0.15, 0.2) is 12.4 Å². The second-order valence-corrected chi connectivity index (χ2v) is 20.0. The summed E-state index contributed by atoms with van der Waals surface area (Å²) in [7, 11) is -4.62. The van der Waals surface area contributed by atoms with Crippen LogP contribution in [0, 0.1) is 0 Å². The SMILES string of the molecule is CC/C=C/C/C=C/C/C=C/C/C=C/C/C=C/CCCC(=O)O[C@H](COC(=O)CCCCCCCCCCCCCCCCCCCCCCCCC)CO[C@H]1O[C@H](CS(=O)(=O)O)[C@@H](O)C(O)C1O. The Bertz CT molecular complexity index is 1470. The number of esters is 2. The molecule has 12 nitrogen and oxygen atoms in total. The zero-order chi connectivity index (χ0) is 49.8. The van der Waals surface area contributed by atoms with E-state index in [9.17, 15) is 37.9 Å². The highest BCUT2D eigenvalue weighted by Gasteiger charge is 2.46. The lowest BCUT2D eigenvalue weighted by Crippen LogP contribution is -2.60. The lowest BCUT2D eigenvalue weighted by Gasteiger charge is -2.40. The molecular formula is C55H96O12S. The van der Waals surface area contributed by atoms with Crippen molar-refractivity contribution >= 4 is 22.1 Å². The van der Waals surface area contributed by atoms with Gasteiger partial charge < -0.3 is 34.3 Å². The number of carbonyl (C=O) groups is 2. The minimum Gasteiger partial charge on any atom is -0.462 e. The number of ether oxygens (including phenoxy) is 4. The Morgan fingerprint density at radius 2 is 0.926 bits per heavy atom. The first-order chi connectivity index (χ1) is 33.0. The van der Waals surface area contributed by atoms with Crippen LogP contribution >= 0.6 is 0 Å². The second kappa shape index (κ2) is 44.3. The third kappa shape index (κ3) is 38.1. The number of aliphatic hydroxyl groups is 3. The zero-order valence-electron chi connectivity index (χ0n) is 42.4. The van der Waals surface area contributed by atoms with Crippen molar-refractivity contribution in [3.8, 4) is 0 Å². The largest absolute Gasteiger partial charge is 0.462 e. The summed E-state index contributed by atoms with van der Waals surface area (Å²) in [4.78, 5) is 25.5. The number of rotatable bonds is 45. The average Bonchev–Trinajstić information content (AvgIpc) is 3.31. The summed E-state index contributed by atoms with van der Waals surface area (Å²) in [5, 5.41) is 31.0. The van der Waals surface area contributed by atoms with Gasteiger partial charge in [-0.1, -0.05) is 216 Å². The van der Waals surface area contributed by atoms with Gasteiger partial charge in [0.2, 0.25) is 0 Å². The number of aliphatic hydroxyl groups excluding tert-OH is 3. The van der Waals surface area contributed by atoms with Crippen molar-refractivity contribution in [1.82, 2.24) is 0 Å². The molecule has 1 aliphatic rings. The topological polar surface area (TPSA) is 186 Å². The fourth-order valence-electron chi connectivity index (χ4n) is 8.01. The Hall–Kier alpha value is -2.65. The van der Waals surface area contributed by atoms with Crippen molar-refractivity contribution in [2.45, 2.75) is 256 Å². The van der Waals surface area contributed by atoms with Gasteiger partial charge in [0.25, 0.3) is 10.1 Å². The molecule has 1 saturated heterocycles.